The number of amides is 2. The Labute approximate surface area is 143 Å². The quantitative estimate of drug-likeness (QED) is 0.843. The molecule has 8 heteroatoms. The van der Waals surface area contributed by atoms with Crippen LogP contribution in [-0.4, -0.2) is 42.5 Å². The van der Waals surface area contributed by atoms with Gasteiger partial charge in [0, 0.05) is 0 Å². The number of hydrogen-bond acceptors (Lipinski definition) is 3. The minimum absolute atomic E-state index is 0.116. The predicted octanol–water partition coefficient (Wildman–Crippen LogP) is 2.30. The third-order valence-corrected chi connectivity index (χ3v) is 3.94. The smallest absolute Gasteiger partial charge is 0.370 e. The summed E-state index contributed by atoms with van der Waals surface area (Å²) in [6, 6.07) is 4.63. The normalized spacial score (nSPS) is 20.9. The summed E-state index contributed by atoms with van der Waals surface area (Å²) in [6.07, 6.45) is -4.04. The van der Waals surface area contributed by atoms with E-state index in [1.165, 1.54) is 17.0 Å². The number of hydrogen-bond donors (Lipinski definition) is 1. The van der Waals surface area contributed by atoms with Crippen molar-refractivity contribution in [2.24, 2.45) is 0 Å². The summed E-state index contributed by atoms with van der Waals surface area (Å²) in [5, 5.41) is 2.40. The van der Waals surface area contributed by atoms with E-state index >= 15 is 0 Å². The number of benzene rings is 1. The van der Waals surface area contributed by atoms with Crippen LogP contribution < -0.4 is 5.32 Å². The Kier molecular flexibility index (Phi) is 5.84. The third-order valence-electron chi connectivity index (χ3n) is 3.94. The average Bonchev–Trinajstić information content (AvgIpc) is 2.59. The summed E-state index contributed by atoms with van der Waals surface area (Å²) in [4.78, 5) is 24.9. The zero-order chi connectivity index (χ0) is 18.6. The molecule has 1 aliphatic heterocycles. The van der Waals surface area contributed by atoms with Gasteiger partial charge in [-0.05, 0) is 30.7 Å². The van der Waals surface area contributed by atoms with Crippen LogP contribution in [0.4, 0.5) is 13.2 Å². The summed E-state index contributed by atoms with van der Waals surface area (Å²) >= 11 is 0. The fourth-order valence-corrected chi connectivity index (χ4v) is 2.56. The number of carbonyl (C=O) groups excluding carboxylic acids is 2. The molecule has 0 radical (unpaired) electrons. The third kappa shape index (κ3) is 4.82. The Morgan fingerprint density at radius 3 is 2.80 bits per heavy atom. The number of alkyl halides is 3. The van der Waals surface area contributed by atoms with E-state index in [9.17, 15) is 22.8 Å². The van der Waals surface area contributed by atoms with Crippen LogP contribution in [0.25, 0.3) is 0 Å². The minimum Gasteiger partial charge on any atom is -0.370 e. The molecule has 2 unspecified atom stereocenters. The highest BCUT2D eigenvalue weighted by atomic mass is 19.4. The van der Waals surface area contributed by atoms with Gasteiger partial charge in [-0.25, -0.2) is 0 Å². The van der Waals surface area contributed by atoms with Crippen LogP contribution in [0.15, 0.2) is 36.9 Å². The molecular weight excluding hydrogens is 337 g/mol. The Balaban J connectivity index is 2.10. The van der Waals surface area contributed by atoms with E-state index in [-0.39, 0.29) is 31.6 Å². The number of halogens is 3. The van der Waals surface area contributed by atoms with Crippen LogP contribution >= 0.6 is 0 Å². The average molecular weight is 356 g/mol. The van der Waals surface area contributed by atoms with Crippen molar-refractivity contribution in [1.82, 2.24) is 10.2 Å². The molecule has 0 aliphatic carbocycles. The Hall–Kier alpha value is -2.35. The number of rotatable bonds is 4. The van der Waals surface area contributed by atoms with Crippen molar-refractivity contribution in [3.05, 3.63) is 48.0 Å². The summed E-state index contributed by atoms with van der Waals surface area (Å²) in [5.41, 5.74) is -0.405. The van der Waals surface area contributed by atoms with Crippen molar-refractivity contribution in [2.45, 2.75) is 25.2 Å². The second kappa shape index (κ2) is 7.69. The van der Waals surface area contributed by atoms with Gasteiger partial charge >= 0.3 is 6.18 Å². The number of nitrogens with one attached hydrogen (secondary N) is 1. The van der Waals surface area contributed by atoms with E-state index in [2.05, 4.69) is 11.9 Å². The zero-order valence-corrected chi connectivity index (χ0v) is 13.7. The maximum absolute atomic E-state index is 12.9. The lowest BCUT2D eigenvalue weighted by Crippen LogP contribution is -2.51. The molecule has 0 saturated carbocycles. The van der Waals surface area contributed by atoms with E-state index in [1.54, 1.807) is 6.92 Å². The highest BCUT2D eigenvalue weighted by Crippen LogP contribution is 2.32. The highest BCUT2D eigenvalue weighted by Gasteiger charge is 2.33. The van der Waals surface area contributed by atoms with Gasteiger partial charge in [0.1, 0.15) is 6.10 Å². The van der Waals surface area contributed by atoms with Gasteiger partial charge in [-0.2, -0.15) is 13.2 Å². The number of nitrogens with zero attached hydrogens (tertiary/aromatic N) is 1. The SMILES string of the molecule is C=CC(=O)NCC(=O)N1CC(c2cccc(C(F)(F)F)c2)OCC1C. The fourth-order valence-electron chi connectivity index (χ4n) is 2.56. The number of carbonyl (C=O) groups is 2. The molecular formula is C17H19F3N2O3. The second-order valence-corrected chi connectivity index (χ2v) is 5.76. The first-order valence-electron chi connectivity index (χ1n) is 7.71. The molecule has 1 aromatic carbocycles. The summed E-state index contributed by atoms with van der Waals surface area (Å²) in [6.45, 7) is 5.18. The number of morpholine rings is 1. The first-order valence-corrected chi connectivity index (χ1v) is 7.71. The van der Waals surface area contributed by atoms with Crippen molar-refractivity contribution in [2.75, 3.05) is 19.7 Å². The van der Waals surface area contributed by atoms with Crippen LogP contribution in [0.1, 0.15) is 24.2 Å². The molecule has 2 rings (SSSR count). The monoisotopic (exact) mass is 356 g/mol. The topological polar surface area (TPSA) is 58.6 Å². The lowest BCUT2D eigenvalue weighted by atomic mass is 10.0. The van der Waals surface area contributed by atoms with Crippen LogP contribution in [-0.2, 0) is 20.5 Å². The Morgan fingerprint density at radius 1 is 1.44 bits per heavy atom. The van der Waals surface area contributed by atoms with Gasteiger partial charge in [-0.3, -0.25) is 9.59 Å². The second-order valence-electron chi connectivity index (χ2n) is 5.76. The van der Waals surface area contributed by atoms with Gasteiger partial charge in [0.25, 0.3) is 0 Å². The Morgan fingerprint density at radius 2 is 2.16 bits per heavy atom. The van der Waals surface area contributed by atoms with Crippen LogP contribution in [0, 0.1) is 0 Å². The van der Waals surface area contributed by atoms with Crippen molar-refractivity contribution in [3.8, 4) is 0 Å². The highest BCUT2D eigenvalue weighted by molar-refractivity contribution is 5.90. The standard InChI is InChI=1S/C17H19F3N2O3/c1-3-15(23)21-8-16(24)22-9-14(25-10-11(22)2)12-5-4-6-13(7-12)17(18,19)20/h3-7,11,14H,1,8-10H2,2H3,(H,21,23). The molecule has 136 valence electrons. The van der Waals surface area contributed by atoms with Gasteiger partial charge in [-0.1, -0.05) is 18.7 Å². The first-order chi connectivity index (χ1) is 11.7. The van der Waals surface area contributed by atoms with Crippen molar-refractivity contribution in [3.63, 3.8) is 0 Å². The molecule has 0 bridgehead atoms. The molecule has 1 aliphatic rings. The maximum Gasteiger partial charge on any atom is 0.416 e. The Bertz CT molecular complexity index is 661. The maximum atomic E-state index is 12.9. The van der Waals surface area contributed by atoms with E-state index in [0.717, 1.165) is 18.2 Å². The molecule has 0 spiro atoms. The van der Waals surface area contributed by atoms with Crippen molar-refractivity contribution < 1.29 is 27.5 Å². The van der Waals surface area contributed by atoms with E-state index in [4.69, 9.17) is 4.74 Å². The molecule has 2 amide bonds. The molecule has 1 N–H and O–H groups in total. The van der Waals surface area contributed by atoms with Crippen LogP contribution in [0.5, 0.6) is 0 Å². The molecule has 0 aromatic heterocycles. The molecule has 1 saturated heterocycles. The molecule has 25 heavy (non-hydrogen) atoms. The number of ether oxygens (including phenoxy) is 1. The van der Waals surface area contributed by atoms with Gasteiger partial charge in [0.15, 0.2) is 0 Å². The van der Waals surface area contributed by atoms with Crippen molar-refractivity contribution >= 4 is 11.8 Å². The van der Waals surface area contributed by atoms with Gasteiger partial charge in [0.2, 0.25) is 11.8 Å². The first kappa shape index (κ1) is 19.0. The van der Waals surface area contributed by atoms with Crippen LogP contribution in [0.3, 0.4) is 0 Å². The lowest BCUT2D eigenvalue weighted by Gasteiger charge is -2.38. The molecule has 2 atom stereocenters. The van der Waals surface area contributed by atoms with E-state index < -0.39 is 23.8 Å². The molecule has 5 nitrogen and oxygen atoms in total. The van der Waals surface area contributed by atoms with Gasteiger partial charge < -0.3 is 15.0 Å². The summed E-state index contributed by atoms with van der Waals surface area (Å²) in [5.74, 6) is -0.799. The summed E-state index contributed by atoms with van der Waals surface area (Å²) in [7, 11) is 0. The fraction of sp³-hybridized carbons (Fsp3) is 0.412. The minimum atomic E-state index is -4.44. The largest absolute Gasteiger partial charge is 0.416 e. The molecule has 1 heterocycles. The molecule has 1 aromatic rings. The predicted molar refractivity (Wildman–Crippen MR) is 84.5 cm³/mol. The van der Waals surface area contributed by atoms with Crippen LogP contribution in [0.2, 0.25) is 0 Å². The summed E-state index contributed by atoms with van der Waals surface area (Å²) < 4.78 is 44.2. The lowest BCUT2D eigenvalue weighted by molar-refractivity contribution is -0.144. The van der Waals surface area contributed by atoms with E-state index in [0.29, 0.717) is 5.56 Å². The zero-order valence-electron chi connectivity index (χ0n) is 13.7. The van der Waals surface area contributed by atoms with Crippen molar-refractivity contribution in [1.29, 1.82) is 0 Å². The van der Waals surface area contributed by atoms with Gasteiger partial charge in [0.05, 0.1) is 31.3 Å². The molecule has 1 fully saturated rings. The van der Waals surface area contributed by atoms with Gasteiger partial charge in [-0.15, -0.1) is 0 Å². The van der Waals surface area contributed by atoms with E-state index in [1.807, 2.05) is 0 Å².